The molecule has 6 nitrogen and oxygen atoms in total. The van der Waals surface area contributed by atoms with Gasteiger partial charge in [-0.3, -0.25) is 0 Å². The Kier molecular flexibility index (Phi) is 5.92. The number of morpholine rings is 1. The van der Waals surface area contributed by atoms with Gasteiger partial charge in [-0.25, -0.2) is 4.58 Å². The summed E-state index contributed by atoms with van der Waals surface area (Å²) < 4.78 is 12.6. The van der Waals surface area contributed by atoms with Crippen molar-refractivity contribution in [1.82, 2.24) is 0 Å². The number of halogens is 1. The Morgan fingerprint density at radius 1 is 1.39 bits per heavy atom. The highest BCUT2D eigenvalue weighted by molar-refractivity contribution is 8.18. The third-order valence-electron chi connectivity index (χ3n) is 3.48. The first kappa shape index (κ1) is 17.7. The molecule has 2 heterocycles. The van der Waals surface area contributed by atoms with Gasteiger partial charge >= 0.3 is 5.17 Å². The summed E-state index contributed by atoms with van der Waals surface area (Å²) in [7, 11) is 1.56. The van der Waals surface area contributed by atoms with Crippen molar-refractivity contribution in [3.8, 4) is 11.5 Å². The molecule has 2 aliphatic rings. The van der Waals surface area contributed by atoms with Gasteiger partial charge in [-0.2, -0.15) is 0 Å². The third-order valence-corrected chi connectivity index (χ3v) is 4.55. The van der Waals surface area contributed by atoms with Gasteiger partial charge in [0.15, 0.2) is 0 Å². The third kappa shape index (κ3) is 3.99. The molecule has 0 aromatic heterocycles. The van der Waals surface area contributed by atoms with Crippen LogP contribution in [0.4, 0.5) is 0 Å². The molecule has 0 spiro atoms. The minimum absolute atomic E-state index is 0. The fourth-order valence-corrected chi connectivity index (χ4v) is 3.23. The number of phenolic OH excluding ortho intramolecular Hbond substituents is 1. The number of rotatable bonds is 2. The molecule has 0 bridgehead atoms. The van der Waals surface area contributed by atoms with Crippen molar-refractivity contribution in [3.63, 3.8) is 0 Å². The molecule has 124 valence electrons. The van der Waals surface area contributed by atoms with Gasteiger partial charge < -0.3 is 32.7 Å². The molecule has 3 rings (SSSR count). The van der Waals surface area contributed by atoms with Gasteiger partial charge in [0.05, 0.1) is 25.2 Å². The molecule has 1 fully saturated rings. The number of thioether (sulfide) groups is 1. The molecular formula is C15H18ClN3O3S. The summed E-state index contributed by atoms with van der Waals surface area (Å²) in [5, 5.41) is 10.9. The van der Waals surface area contributed by atoms with Gasteiger partial charge in [0.1, 0.15) is 24.6 Å². The predicted molar refractivity (Wildman–Crippen MR) is 87.7 cm³/mol. The molecule has 23 heavy (non-hydrogen) atoms. The summed E-state index contributed by atoms with van der Waals surface area (Å²) >= 11 is 1.52. The van der Waals surface area contributed by atoms with Gasteiger partial charge in [0.25, 0.3) is 5.84 Å². The van der Waals surface area contributed by atoms with Crippen LogP contribution in [0.3, 0.4) is 0 Å². The van der Waals surface area contributed by atoms with Crippen molar-refractivity contribution in [1.29, 1.82) is 0 Å². The van der Waals surface area contributed by atoms with Crippen LogP contribution in [-0.4, -0.2) is 54.1 Å². The van der Waals surface area contributed by atoms with E-state index in [1.165, 1.54) is 11.8 Å². The molecule has 8 heteroatoms. The Morgan fingerprint density at radius 3 is 2.78 bits per heavy atom. The molecule has 0 amide bonds. The molecule has 0 aliphatic carbocycles. The average Bonchev–Trinajstić information content (AvgIpc) is 2.91. The van der Waals surface area contributed by atoms with Crippen molar-refractivity contribution in [2.75, 3.05) is 33.4 Å². The summed E-state index contributed by atoms with van der Waals surface area (Å²) in [4.78, 5) is 5.26. The second-order valence-electron chi connectivity index (χ2n) is 4.91. The quantitative estimate of drug-likeness (QED) is 0.615. The van der Waals surface area contributed by atoms with Crippen molar-refractivity contribution in [3.05, 3.63) is 28.7 Å². The van der Waals surface area contributed by atoms with Crippen LogP contribution < -0.4 is 22.9 Å². The van der Waals surface area contributed by atoms with E-state index >= 15 is 0 Å². The molecule has 2 aliphatic heterocycles. The number of benzene rings is 1. The first-order valence-corrected chi connectivity index (χ1v) is 7.80. The highest BCUT2D eigenvalue weighted by Gasteiger charge is 2.30. The first-order valence-electron chi connectivity index (χ1n) is 6.98. The van der Waals surface area contributed by atoms with E-state index in [1.54, 1.807) is 25.3 Å². The highest BCUT2D eigenvalue weighted by Crippen LogP contribution is 2.31. The molecule has 1 aromatic rings. The Balaban J connectivity index is 0.00000192. The van der Waals surface area contributed by atoms with Gasteiger partial charge in [-0.05, 0) is 23.2 Å². The van der Waals surface area contributed by atoms with E-state index in [-0.39, 0.29) is 18.2 Å². The van der Waals surface area contributed by atoms with Crippen LogP contribution in [0.1, 0.15) is 5.56 Å². The maximum Gasteiger partial charge on any atom is 0.362 e. The van der Waals surface area contributed by atoms with Crippen LogP contribution in [0.2, 0.25) is 0 Å². The van der Waals surface area contributed by atoms with Crippen LogP contribution in [0.15, 0.2) is 28.1 Å². The number of aliphatic imine (C=N–C) groups is 1. The molecule has 0 saturated carbocycles. The van der Waals surface area contributed by atoms with Crippen molar-refractivity contribution >= 4 is 28.8 Å². The number of phenols is 1. The van der Waals surface area contributed by atoms with Crippen molar-refractivity contribution in [2.45, 2.75) is 0 Å². The zero-order valence-corrected chi connectivity index (χ0v) is 14.2. The number of amidine groups is 2. The fourth-order valence-electron chi connectivity index (χ4n) is 2.24. The topological polar surface area (TPSA) is 80.1 Å². The highest BCUT2D eigenvalue weighted by atomic mass is 35.5. The number of methoxy groups -OCH3 is 1. The largest absolute Gasteiger partial charge is 1.00 e. The summed E-state index contributed by atoms with van der Waals surface area (Å²) in [6, 6.07) is 5.17. The van der Waals surface area contributed by atoms with Crippen molar-refractivity contribution in [2.24, 2.45) is 10.7 Å². The number of nitrogens with two attached hydrogens (primary N) is 1. The number of nitrogens with zero attached hydrogens (tertiary/aromatic N) is 2. The minimum Gasteiger partial charge on any atom is -1.00 e. The summed E-state index contributed by atoms with van der Waals surface area (Å²) in [5.41, 5.74) is 6.69. The van der Waals surface area contributed by atoms with Crippen LogP contribution in [0.5, 0.6) is 11.5 Å². The maximum atomic E-state index is 10.0. The van der Waals surface area contributed by atoms with E-state index in [0.29, 0.717) is 30.4 Å². The number of ether oxygens (including phenoxy) is 2. The number of aromatic hydroxyl groups is 1. The van der Waals surface area contributed by atoms with Crippen molar-refractivity contribution < 1.29 is 31.6 Å². The lowest BCUT2D eigenvalue weighted by atomic mass is 10.1. The van der Waals surface area contributed by atoms with Gasteiger partial charge in [0.2, 0.25) is 0 Å². The lowest BCUT2D eigenvalue weighted by Gasteiger charge is -2.13. The van der Waals surface area contributed by atoms with E-state index in [0.717, 1.165) is 23.2 Å². The molecule has 0 radical (unpaired) electrons. The maximum absolute atomic E-state index is 10.0. The van der Waals surface area contributed by atoms with E-state index in [1.807, 2.05) is 6.08 Å². The predicted octanol–water partition coefficient (Wildman–Crippen LogP) is -1.75. The van der Waals surface area contributed by atoms with Crippen LogP contribution in [0, 0.1) is 0 Å². The zero-order chi connectivity index (χ0) is 15.5. The molecule has 0 atom stereocenters. The standard InChI is InChI=1S/C15H17N3O3S.ClH/c1-20-11-3-2-10(12(19)9-11)8-13-14(16)17-15(22-13)18-4-6-21-7-5-18;/h2-3,8-9H,4-7H2,1H3,(H2,16,19);1H. The smallest absolute Gasteiger partial charge is 0.362 e. The molecule has 0 unspecified atom stereocenters. The minimum atomic E-state index is 0. The van der Waals surface area contributed by atoms with Crippen LogP contribution in [-0.2, 0) is 4.74 Å². The fraction of sp³-hybridized carbons (Fsp3) is 0.333. The Hall–Kier alpha value is -1.70. The van der Waals surface area contributed by atoms with E-state index in [9.17, 15) is 5.11 Å². The summed E-state index contributed by atoms with van der Waals surface area (Å²) in [6.07, 6.45) is 1.84. The van der Waals surface area contributed by atoms with Crippen LogP contribution >= 0.6 is 11.8 Å². The summed E-state index contributed by atoms with van der Waals surface area (Å²) in [6.45, 7) is 3.05. The van der Waals surface area contributed by atoms with Gasteiger partial charge in [-0.1, -0.05) is 0 Å². The molecular weight excluding hydrogens is 338 g/mol. The number of hydrogen-bond acceptors (Lipinski definition) is 5. The Morgan fingerprint density at radius 2 is 2.13 bits per heavy atom. The van der Waals surface area contributed by atoms with Gasteiger partial charge in [-0.15, -0.1) is 0 Å². The SMILES string of the molecule is COc1ccc(C=C2SC(=[N+]3CCOCC3)N=C2N)c(O)c1.[Cl-]. The van der Waals surface area contributed by atoms with Gasteiger partial charge in [0, 0.05) is 23.4 Å². The van der Waals surface area contributed by atoms with Crippen LogP contribution in [0.25, 0.3) is 6.08 Å². The summed E-state index contributed by atoms with van der Waals surface area (Å²) in [5.74, 6) is 1.24. The first-order chi connectivity index (χ1) is 10.7. The molecule has 1 aromatic carbocycles. The Bertz CT molecular complexity index is 681. The second kappa shape index (κ2) is 7.72. The average molecular weight is 356 g/mol. The monoisotopic (exact) mass is 355 g/mol. The lowest BCUT2D eigenvalue weighted by Crippen LogP contribution is -3.00. The normalized spacial score (nSPS) is 19.5. The lowest BCUT2D eigenvalue weighted by molar-refractivity contribution is -0.547. The Labute approximate surface area is 145 Å². The van der Waals surface area contributed by atoms with E-state index < -0.39 is 0 Å². The zero-order valence-electron chi connectivity index (χ0n) is 12.7. The van der Waals surface area contributed by atoms with E-state index in [4.69, 9.17) is 15.2 Å². The van der Waals surface area contributed by atoms with E-state index in [2.05, 4.69) is 9.57 Å². The second-order valence-corrected chi connectivity index (χ2v) is 5.92. The molecule has 1 saturated heterocycles. The number of hydrogen-bond donors (Lipinski definition) is 2. The molecule has 3 N–H and O–H groups in total.